The van der Waals surface area contributed by atoms with Crippen LogP contribution in [0.1, 0.15) is 24.9 Å². The molecular weight excluding hydrogens is 288 g/mol. The number of hydrogen-bond donors (Lipinski definition) is 1. The lowest BCUT2D eigenvalue weighted by Crippen LogP contribution is -2.28. The number of nitrogens with two attached hydrogens (primary N) is 1. The quantitative estimate of drug-likeness (QED) is 0.910. The maximum atomic E-state index is 5.92. The maximum absolute atomic E-state index is 5.92. The zero-order chi connectivity index (χ0) is 10.8. The molecule has 0 aromatic heterocycles. The van der Waals surface area contributed by atoms with E-state index in [1.54, 1.807) is 0 Å². The minimum atomic E-state index is 0. The highest BCUT2D eigenvalue weighted by Gasteiger charge is 2.24. The highest BCUT2D eigenvalue weighted by Crippen LogP contribution is 2.25. The molecule has 0 radical (unpaired) electrons. The zero-order valence-corrected chi connectivity index (χ0v) is 11.8. The molecule has 2 atom stereocenters. The lowest BCUT2D eigenvalue weighted by atomic mass is 10.1. The van der Waals surface area contributed by atoms with Crippen molar-refractivity contribution in [1.82, 2.24) is 4.90 Å². The van der Waals surface area contributed by atoms with Crippen LogP contribution in [0.3, 0.4) is 0 Å². The van der Waals surface area contributed by atoms with Gasteiger partial charge in [-0.15, -0.1) is 12.4 Å². The zero-order valence-electron chi connectivity index (χ0n) is 9.40. The van der Waals surface area contributed by atoms with Crippen molar-refractivity contribution in [2.75, 3.05) is 13.1 Å². The third kappa shape index (κ3) is 3.20. The van der Waals surface area contributed by atoms with E-state index < -0.39 is 0 Å². The molecule has 1 fully saturated rings. The van der Waals surface area contributed by atoms with Crippen LogP contribution in [0.15, 0.2) is 28.7 Å². The predicted molar refractivity (Wildman–Crippen MR) is 74.0 cm³/mol. The third-order valence-electron chi connectivity index (χ3n) is 3.16. The molecule has 0 saturated carbocycles. The van der Waals surface area contributed by atoms with Crippen LogP contribution < -0.4 is 5.73 Å². The van der Waals surface area contributed by atoms with E-state index in [0.29, 0.717) is 12.1 Å². The van der Waals surface area contributed by atoms with Gasteiger partial charge in [-0.05, 0) is 31.0 Å². The SMILES string of the molecule is CC(c1ccc(Br)cc1)N1CC[C@H](N)C1.Cl. The number of hydrogen-bond acceptors (Lipinski definition) is 2. The van der Waals surface area contributed by atoms with Gasteiger partial charge in [-0.25, -0.2) is 0 Å². The van der Waals surface area contributed by atoms with Gasteiger partial charge in [0, 0.05) is 29.6 Å². The molecule has 16 heavy (non-hydrogen) atoms. The summed E-state index contributed by atoms with van der Waals surface area (Å²) in [5.74, 6) is 0. The minimum absolute atomic E-state index is 0. The standard InChI is InChI=1S/C12H17BrN2.ClH/c1-9(15-7-6-12(14)8-15)10-2-4-11(13)5-3-10;/h2-5,9,12H,6-8,14H2,1H3;1H/t9?,12-;/m0./s1. The summed E-state index contributed by atoms with van der Waals surface area (Å²) < 4.78 is 1.14. The lowest BCUT2D eigenvalue weighted by Gasteiger charge is -2.24. The van der Waals surface area contributed by atoms with Gasteiger partial charge in [0.2, 0.25) is 0 Å². The first-order valence-corrected chi connectivity index (χ1v) is 6.21. The largest absolute Gasteiger partial charge is 0.326 e. The Morgan fingerprint density at radius 1 is 1.38 bits per heavy atom. The first-order valence-electron chi connectivity index (χ1n) is 5.42. The van der Waals surface area contributed by atoms with E-state index in [2.05, 4.69) is 52.0 Å². The van der Waals surface area contributed by atoms with Gasteiger partial charge >= 0.3 is 0 Å². The first kappa shape index (κ1) is 14.0. The molecule has 0 spiro atoms. The number of halogens is 2. The number of nitrogens with zero attached hydrogens (tertiary/aromatic N) is 1. The van der Waals surface area contributed by atoms with Crippen molar-refractivity contribution in [3.05, 3.63) is 34.3 Å². The molecule has 1 aliphatic rings. The van der Waals surface area contributed by atoms with Gasteiger partial charge in [0.25, 0.3) is 0 Å². The Balaban J connectivity index is 0.00000128. The first-order chi connectivity index (χ1) is 7.16. The Hall–Kier alpha value is -0.0900. The van der Waals surface area contributed by atoms with E-state index in [4.69, 9.17) is 5.73 Å². The van der Waals surface area contributed by atoms with Crippen molar-refractivity contribution in [2.45, 2.75) is 25.4 Å². The topological polar surface area (TPSA) is 29.3 Å². The fraction of sp³-hybridized carbons (Fsp3) is 0.500. The molecule has 4 heteroatoms. The molecule has 90 valence electrons. The second-order valence-electron chi connectivity index (χ2n) is 4.27. The Morgan fingerprint density at radius 3 is 2.50 bits per heavy atom. The average molecular weight is 306 g/mol. The molecule has 1 heterocycles. The van der Waals surface area contributed by atoms with Crippen LogP contribution >= 0.6 is 28.3 Å². The van der Waals surface area contributed by atoms with Gasteiger partial charge in [0.05, 0.1) is 0 Å². The van der Waals surface area contributed by atoms with Crippen LogP contribution in [0.5, 0.6) is 0 Å². The van der Waals surface area contributed by atoms with E-state index in [-0.39, 0.29) is 12.4 Å². The van der Waals surface area contributed by atoms with E-state index in [1.807, 2.05) is 0 Å². The van der Waals surface area contributed by atoms with Crippen LogP contribution in [0.25, 0.3) is 0 Å². The molecule has 1 aromatic rings. The molecule has 0 amide bonds. The van der Waals surface area contributed by atoms with Gasteiger partial charge in [0.1, 0.15) is 0 Å². The molecule has 2 nitrogen and oxygen atoms in total. The smallest absolute Gasteiger partial charge is 0.0320 e. The molecule has 2 rings (SSSR count). The van der Waals surface area contributed by atoms with Crippen LogP contribution in [0.4, 0.5) is 0 Å². The molecule has 0 aliphatic carbocycles. The Bertz CT molecular complexity index is 328. The van der Waals surface area contributed by atoms with Crippen LogP contribution in [-0.4, -0.2) is 24.0 Å². The van der Waals surface area contributed by atoms with Crippen molar-refractivity contribution in [1.29, 1.82) is 0 Å². The molecule has 1 saturated heterocycles. The van der Waals surface area contributed by atoms with Gasteiger partial charge < -0.3 is 5.73 Å². The van der Waals surface area contributed by atoms with E-state index in [1.165, 1.54) is 5.56 Å². The Kier molecular flexibility index (Phi) is 5.25. The fourth-order valence-corrected chi connectivity index (χ4v) is 2.38. The van der Waals surface area contributed by atoms with Crippen molar-refractivity contribution in [2.24, 2.45) is 5.73 Å². The van der Waals surface area contributed by atoms with Crippen LogP contribution in [-0.2, 0) is 0 Å². The maximum Gasteiger partial charge on any atom is 0.0320 e. The highest BCUT2D eigenvalue weighted by atomic mass is 79.9. The van der Waals surface area contributed by atoms with Crippen molar-refractivity contribution >= 4 is 28.3 Å². The normalized spacial score (nSPS) is 22.8. The van der Waals surface area contributed by atoms with Gasteiger partial charge in [-0.1, -0.05) is 28.1 Å². The minimum Gasteiger partial charge on any atom is -0.326 e. The predicted octanol–water partition coefficient (Wildman–Crippen LogP) is 2.96. The lowest BCUT2D eigenvalue weighted by molar-refractivity contribution is 0.260. The third-order valence-corrected chi connectivity index (χ3v) is 3.68. The van der Waals surface area contributed by atoms with Crippen molar-refractivity contribution < 1.29 is 0 Å². The summed E-state index contributed by atoms with van der Waals surface area (Å²) in [6.07, 6.45) is 1.13. The molecule has 1 aromatic carbocycles. The summed E-state index contributed by atoms with van der Waals surface area (Å²) in [4.78, 5) is 2.45. The summed E-state index contributed by atoms with van der Waals surface area (Å²) >= 11 is 3.45. The molecular formula is C12H18BrClN2. The summed E-state index contributed by atoms with van der Waals surface area (Å²) in [6, 6.07) is 9.40. The van der Waals surface area contributed by atoms with Crippen LogP contribution in [0, 0.1) is 0 Å². The number of likely N-dealkylation sites (tertiary alicyclic amines) is 1. The number of benzene rings is 1. The van der Waals surface area contributed by atoms with Crippen molar-refractivity contribution in [3.8, 4) is 0 Å². The van der Waals surface area contributed by atoms with E-state index in [9.17, 15) is 0 Å². The van der Waals surface area contributed by atoms with E-state index in [0.717, 1.165) is 24.0 Å². The second-order valence-corrected chi connectivity index (χ2v) is 5.19. The molecule has 1 unspecified atom stereocenters. The number of rotatable bonds is 2. The summed E-state index contributed by atoms with van der Waals surface area (Å²) in [5, 5.41) is 0. The second kappa shape index (κ2) is 6.01. The average Bonchev–Trinajstić information content (AvgIpc) is 2.65. The van der Waals surface area contributed by atoms with Gasteiger partial charge in [-0.2, -0.15) is 0 Å². The van der Waals surface area contributed by atoms with E-state index >= 15 is 0 Å². The summed E-state index contributed by atoms with van der Waals surface area (Å²) in [5.41, 5.74) is 7.28. The van der Waals surface area contributed by atoms with Gasteiger partial charge in [-0.3, -0.25) is 4.90 Å². The van der Waals surface area contributed by atoms with Crippen molar-refractivity contribution in [3.63, 3.8) is 0 Å². The molecule has 0 bridgehead atoms. The monoisotopic (exact) mass is 304 g/mol. The molecule has 1 aliphatic heterocycles. The molecule has 2 N–H and O–H groups in total. The van der Waals surface area contributed by atoms with Crippen LogP contribution in [0.2, 0.25) is 0 Å². The summed E-state index contributed by atoms with van der Waals surface area (Å²) in [6.45, 7) is 4.40. The highest BCUT2D eigenvalue weighted by molar-refractivity contribution is 9.10. The Labute approximate surface area is 112 Å². The fourth-order valence-electron chi connectivity index (χ4n) is 2.12. The Morgan fingerprint density at radius 2 is 2.00 bits per heavy atom. The summed E-state index contributed by atoms with van der Waals surface area (Å²) in [7, 11) is 0. The van der Waals surface area contributed by atoms with Gasteiger partial charge in [0.15, 0.2) is 0 Å².